The molecule has 288 valence electrons. The molecule has 0 saturated heterocycles. The minimum absolute atomic E-state index is 0.0923. The fourth-order valence-electron chi connectivity index (χ4n) is 6.31. The second-order valence-corrected chi connectivity index (χ2v) is 15.7. The predicted octanol–water partition coefficient (Wildman–Crippen LogP) is 11.1. The van der Waals surface area contributed by atoms with Crippen molar-refractivity contribution >= 4 is 13.7 Å². The molecule has 0 spiro atoms. The molecule has 0 aromatic heterocycles. The summed E-state index contributed by atoms with van der Waals surface area (Å²) < 4.78 is 22.1. The average molecular weight is 705 g/mol. The van der Waals surface area contributed by atoms with E-state index in [-0.39, 0.29) is 25.7 Å². The Labute approximate surface area is 297 Å². The van der Waals surface area contributed by atoms with Crippen LogP contribution in [-0.4, -0.2) is 47.8 Å². The van der Waals surface area contributed by atoms with E-state index in [0.717, 1.165) is 38.5 Å². The predicted molar refractivity (Wildman–Crippen MR) is 203 cm³/mol. The van der Waals surface area contributed by atoms with Crippen molar-refractivity contribution in [1.29, 1.82) is 0 Å². The molecule has 3 unspecified atom stereocenters. The first-order valence-electron chi connectivity index (χ1n) is 20.7. The van der Waals surface area contributed by atoms with Gasteiger partial charge >= 0.3 is 7.82 Å². The Kier molecular flexibility index (Phi) is 35.9. The lowest BCUT2D eigenvalue weighted by Gasteiger charge is -2.25. The van der Waals surface area contributed by atoms with Crippen LogP contribution in [0.3, 0.4) is 0 Å². The van der Waals surface area contributed by atoms with Crippen LogP contribution in [-0.2, 0) is 18.4 Å². The van der Waals surface area contributed by atoms with E-state index in [4.69, 9.17) is 14.8 Å². The summed E-state index contributed by atoms with van der Waals surface area (Å²) in [7, 11) is -4.30. The quantitative estimate of drug-likeness (QED) is 0.0370. The zero-order valence-corrected chi connectivity index (χ0v) is 32.6. The molecule has 3 atom stereocenters. The topological polar surface area (TPSA) is 131 Å². The molecule has 5 N–H and O–H groups in total. The number of nitrogens with two attached hydrogens (primary N) is 1. The summed E-state index contributed by atoms with van der Waals surface area (Å²) in [6.07, 6.45) is 36.7. The molecule has 9 heteroatoms. The van der Waals surface area contributed by atoms with Crippen molar-refractivity contribution in [1.82, 2.24) is 5.32 Å². The molecular weight excluding hydrogens is 623 g/mol. The highest BCUT2D eigenvalue weighted by Crippen LogP contribution is 2.43. The van der Waals surface area contributed by atoms with Gasteiger partial charge in [-0.1, -0.05) is 194 Å². The number of aliphatic hydroxyl groups is 1. The van der Waals surface area contributed by atoms with Crippen LogP contribution in [0.1, 0.15) is 213 Å². The first-order chi connectivity index (χ1) is 23.4. The van der Waals surface area contributed by atoms with Crippen LogP contribution in [0.5, 0.6) is 0 Å². The van der Waals surface area contributed by atoms with Gasteiger partial charge in [0, 0.05) is 13.0 Å². The number of nitrogens with one attached hydrogen (secondary N) is 1. The van der Waals surface area contributed by atoms with Crippen molar-refractivity contribution in [3.63, 3.8) is 0 Å². The molecule has 8 nitrogen and oxygen atoms in total. The molecule has 0 aromatic rings. The van der Waals surface area contributed by atoms with Crippen molar-refractivity contribution in [2.75, 3.05) is 19.8 Å². The smallest absolute Gasteiger partial charge is 0.391 e. The number of hydrogen-bond acceptors (Lipinski definition) is 6. The van der Waals surface area contributed by atoms with Crippen LogP contribution in [0.15, 0.2) is 0 Å². The largest absolute Gasteiger partial charge is 0.472 e. The third-order valence-electron chi connectivity index (χ3n) is 9.46. The molecule has 0 aliphatic heterocycles. The maximum absolute atomic E-state index is 12.7. The number of phosphoric acid groups is 1. The summed E-state index contributed by atoms with van der Waals surface area (Å²) >= 11 is 0. The van der Waals surface area contributed by atoms with Gasteiger partial charge < -0.3 is 21.1 Å². The van der Waals surface area contributed by atoms with Gasteiger partial charge in [0.1, 0.15) is 0 Å². The number of amides is 1. The molecule has 0 aliphatic carbocycles. The minimum atomic E-state index is -4.30. The first-order valence-corrected chi connectivity index (χ1v) is 22.1. The number of rotatable bonds is 39. The maximum Gasteiger partial charge on any atom is 0.472 e. The lowest BCUT2D eigenvalue weighted by Crippen LogP contribution is -2.46. The lowest BCUT2D eigenvalue weighted by molar-refractivity contribution is -0.123. The number of phosphoric ester groups is 1. The highest BCUT2D eigenvalue weighted by molar-refractivity contribution is 7.47. The summed E-state index contributed by atoms with van der Waals surface area (Å²) in [6.45, 7) is 4.22. The lowest BCUT2D eigenvalue weighted by atomic mass is 10.0. The van der Waals surface area contributed by atoms with Gasteiger partial charge in [0.15, 0.2) is 0 Å². The summed E-state index contributed by atoms with van der Waals surface area (Å²) in [5, 5.41) is 13.8. The van der Waals surface area contributed by atoms with Crippen molar-refractivity contribution < 1.29 is 28.4 Å². The molecule has 0 bridgehead atoms. The van der Waals surface area contributed by atoms with Crippen molar-refractivity contribution in [3.05, 3.63) is 0 Å². The molecule has 0 heterocycles. The van der Waals surface area contributed by atoms with Gasteiger partial charge in [-0.3, -0.25) is 13.8 Å². The van der Waals surface area contributed by atoms with E-state index in [9.17, 15) is 19.4 Å². The Morgan fingerprint density at radius 2 is 0.958 bits per heavy atom. The van der Waals surface area contributed by atoms with Crippen molar-refractivity contribution in [2.24, 2.45) is 5.73 Å². The van der Waals surface area contributed by atoms with E-state index < -0.39 is 20.0 Å². The van der Waals surface area contributed by atoms with E-state index in [0.29, 0.717) is 12.8 Å². The molecule has 48 heavy (non-hydrogen) atoms. The Balaban J connectivity index is 4.16. The fraction of sp³-hybridized carbons (Fsp3) is 0.974. The van der Waals surface area contributed by atoms with Crippen LogP contribution in [0.4, 0.5) is 0 Å². The second kappa shape index (κ2) is 36.3. The third kappa shape index (κ3) is 34.0. The van der Waals surface area contributed by atoms with Crippen LogP contribution in [0.2, 0.25) is 0 Å². The van der Waals surface area contributed by atoms with Gasteiger partial charge in [-0.2, -0.15) is 0 Å². The third-order valence-corrected chi connectivity index (χ3v) is 10.4. The highest BCUT2D eigenvalue weighted by atomic mass is 31.2. The van der Waals surface area contributed by atoms with Crippen LogP contribution in [0.25, 0.3) is 0 Å². The number of carbonyl (C=O) groups is 1. The molecule has 0 rings (SSSR count). The maximum atomic E-state index is 12.7. The number of aliphatic hydroxyl groups excluding tert-OH is 1. The first kappa shape index (κ1) is 47.5. The summed E-state index contributed by atoms with van der Waals surface area (Å²) in [6, 6.07) is -0.766. The SMILES string of the molecule is CCCCCCCCCCCCCCCCCCC(O)C(COP(=O)(O)OCCN)NC(=O)CCCCCCCCCCCCCCC. The molecule has 0 fully saturated rings. The second-order valence-electron chi connectivity index (χ2n) is 14.2. The average Bonchev–Trinajstić information content (AvgIpc) is 3.07. The summed E-state index contributed by atoms with van der Waals surface area (Å²) in [5.41, 5.74) is 5.37. The van der Waals surface area contributed by atoms with Gasteiger partial charge in [0.25, 0.3) is 0 Å². The van der Waals surface area contributed by atoms with Gasteiger partial charge in [-0.25, -0.2) is 4.57 Å². The van der Waals surface area contributed by atoms with Crippen LogP contribution >= 0.6 is 7.82 Å². The van der Waals surface area contributed by atoms with E-state index in [2.05, 4.69) is 19.2 Å². The Morgan fingerprint density at radius 3 is 1.33 bits per heavy atom. The Morgan fingerprint density at radius 1 is 0.604 bits per heavy atom. The fourth-order valence-corrected chi connectivity index (χ4v) is 7.07. The van der Waals surface area contributed by atoms with Crippen LogP contribution < -0.4 is 11.1 Å². The van der Waals surface area contributed by atoms with Crippen molar-refractivity contribution in [2.45, 2.75) is 225 Å². The Bertz CT molecular complexity index is 729. The van der Waals surface area contributed by atoms with Crippen molar-refractivity contribution in [3.8, 4) is 0 Å². The molecule has 0 aliphatic rings. The van der Waals surface area contributed by atoms with Gasteiger partial charge in [0.05, 0.1) is 25.4 Å². The zero-order valence-electron chi connectivity index (χ0n) is 31.7. The van der Waals surface area contributed by atoms with Gasteiger partial charge in [-0.15, -0.1) is 0 Å². The monoisotopic (exact) mass is 705 g/mol. The Hall–Kier alpha value is -0.500. The normalized spacial score (nSPS) is 14.2. The van der Waals surface area contributed by atoms with E-state index in [1.807, 2.05) is 0 Å². The van der Waals surface area contributed by atoms with E-state index in [1.165, 1.54) is 148 Å². The van der Waals surface area contributed by atoms with E-state index in [1.54, 1.807) is 0 Å². The van der Waals surface area contributed by atoms with Crippen LogP contribution in [0, 0.1) is 0 Å². The molecular formula is C39H81N2O6P. The number of hydrogen-bond donors (Lipinski definition) is 4. The summed E-state index contributed by atoms with van der Waals surface area (Å²) in [5.74, 6) is -0.159. The minimum Gasteiger partial charge on any atom is -0.391 e. The molecule has 1 amide bonds. The summed E-state index contributed by atoms with van der Waals surface area (Å²) in [4.78, 5) is 22.7. The molecule has 0 aromatic carbocycles. The molecule has 0 saturated carbocycles. The standard InChI is InChI=1S/C39H81N2O6P/c1-3-5-7-9-11-13-15-17-18-19-21-22-24-26-28-30-32-38(42)37(36-47-48(44,45)46-35-34-40)41-39(43)33-31-29-27-25-23-20-16-14-12-10-8-6-4-2/h37-38,42H,3-36,40H2,1-2H3,(H,41,43)(H,44,45). The van der Waals surface area contributed by atoms with E-state index >= 15 is 0 Å². The highest BCUT2D eigenvalue weighted by Gasteiger charge is 2.27. The molecule has 0 radical (unpaired) electrons. The zero-order chi connectivity index (χ0) is 35.4. The van der Waals surface area contributed by atoms with Gasteiger partial charge in [-0.05, 0) is 12.8 Å². The van der Waals surface area contributed by atoms with Gasteiger partial charge in [0.2, 0.25) is 5.91 Å². The number of carbonyl (C=O) groups excluding carboxylic acids is 1. The number of unbranched alkanes of at least 4 members (excludes halogenated alkanes) is 27.